The average molecular weight is 268 g/mol. The van der Waals surface area contributed by atoms with Crippen molar-refractivity contribution in [2.45, 2.75) is 39.8 Å². The molecule has 0 aromatic carbocycles. The molecular weight excluding hydrogens is 245 g/mol. The summed E-state index contributed by atoms with van der Waals surface area (Å²) in [5.41, 5.74) is 5.55. The van der Waals surface area contributed by atoms with Crippen LogP contribution in [0.3, 0.4) is 0 Å². The van der Waals surface area contributed by atoms with Crippen LogP contribution in [-0.2, 0) is 4.79 Å². The SMILES string of the molecule is CCN(CC(F)(F)F)C(=O)CC(CN)CC(C)C. The Kier molecular flexibility index (Phi) is 7.28. The number of carbonyl (C=O) groups is 1. The molecule has 0 aliphatic rings. The van der Waals surface area contributed by atoms with E-state index in [0.717, 1.165) is 11.3 Å². The molecule has 0 radical (unpaired) electrons. The molecule has 0 spiro atoms. The van der Waals surface area contributed by atoms with Gasteiger partial charge in [0.05, 0.1) is 0 Å². The molecule has 1 unspecified atom stereocenters. The number of alkyl halides is 3. The Bertz CT molecular complexity index is 254. The quantitative estimate of drug-likeness (QED) is 0.770. The molecule has 3 nitrogen and oxygen atoms in total. The van der Waals surface area contributed by atoms with E-state index in [-0.39, 0.29) is 18.9 Å². The first kappa shape index (κ1) is 17.2. The van der Waals surface area contributed by atoms with Gasteiger partial charge in [-0.25, -0.2) is 0 Å². The van der Waals surface area contributed by atoms with Crippen molar-refractivity contribution < 1.29 is 18.0 Å². The van der Waals surface area contributed by atoms with Crippen molar-refractivity contribution in [2.24, 2.45) is 17.6 Å². The van der Waals surface area contributed by atoms with Crippen LogP contribution < -0.4 is 5.73 Å². The van der Waals surface area contributed by atoms with Gasteiger partial charge in [0.2, 0.25) is 5.91 Å². The van der Waals surface area contributed by atoms with Crippen LogP contribution in [-0.4, -0.2) is 36.6 Å². The van der Waals surface area contributed by atoms with Gasteiger partial charge in [-0.05, 0) is 31.7 Å². The van der Waals surface area contributed by atoms with Crippen molar-refractivity contribution in [1.82, 2.24) is 4.90 Å². The van der Waals surface area contributed by atoms with Gasteiger partial charge in [-0.1, -0.05) is 13.8 Å². The van der Waals surface area contributed by atoms with E-state index >= 15 is 0 Å². The summed E-state index contributed by atoms with van der Waals surface area (Å²) in [6, 6.07) is 0. The maximum absolute atomic E-state index is 12.3. The summed E-state index contributed by atoms with van der Waals surface area (Å²) in [6.07, 6.45) is -3.49. The van der Waals surface area contributed by atoms with Gasteiger partial charge in [-0.2, -0.15) is 13.2 Å². The number of amides is 1. The molecule has 1 amide bonds. The lowest BCUT2D eigenvalue weighted by Crippen LogP contribution is -2.40. The Hall–Kier alpha value is -0.780. The van der Waals surface area contributed by atoms with E-state index < -0.39 is 18.6 Å². The first-order chi connectivity index (χ1) is 8.19. The van der Waals surface area contributed by atoms with Crippen molar-refractivity contribution in [2.75, 3.05) is 19.6 Å². The average Bonchev–Trinajstić information content (AvgIpc) is 2.22. The van der Waals surface area contributed by atoms with Crippen LogP contribution in [0.2, 0.25) is 0 Å². The highest BCUT2D eigenvalue weighted by atomic mass is 19.4. The maximum atomic E-state index is 12.3. The highest BCUT2D eigenvalue weighted by molar-refractivity contribution is 5.76. The van der Waals surface area contributed by atoms with E-state index in [2.05, 4.69) is 0 Å². The van der Waals surface area contributed by atoms with Gasteiger partial charge in [0.1, 0.15) is 6.54 Å². The van der Waals surface area contributed by atoms with E-state index in [1.165, 1.54) is 0 Å². The lowest BCUT2D eigenvalue weighted by Gasteiger charge is -2.25. The van der Waals surface area contributed by atoms with E-state index in [4.69, 9.17) is 5.73 Å². The number of nitrogens with zero attached hydrogens (tertiary/aromatic N) is 1. The van der Waals surface area contributed by atoms with Gasteiger partial charge < -0.3 is 10.6 Å². The summed E-state index contributed by atoms with van der Waals surface area (Å²) in [5.74, 6) is -0.130. The molecule has 6 heteroatoms. The molecule has 108 valence electrons. The molecule has 0 aliphatic carbocycles. The number of halogens is 3. The number of rotatable bonds is 7. The third-order valence-corrected chi connectivity index (χ3v) is 2.71. The van der Waals surface area contributed by atoms with Gasteiger partial charge in [-0.3, -0.25) is 4.79 Å². The smallest absolute Gasteiger partial charge is 0.334 e. The number of carbonyl (C=O) groups excluding carboxylic acids is 1. The predicted octanol–water partition coefficient (Wildman–Crippen LogP) is 2.41. The molecule has 18 heavy (non-hydrogen) atoms. The zero-order valence-electron chi connectivity index (χ0n) is 11.3. The second-order valence-corrected chi connectivity index (χ2v) is 4.96. The van der Waals surface area contributed by atoms with Gasteiger partial charge in [-0.15, -0.1) is 0 Å². The van der Waals surface area contributed by atoms with E-state index in [9.17, 15) is 18.0 Å². The van der Waals surface area contributed by atoms with Crippen LogP contribution in [0.5, 0.6) is 0 Å². The number of hydrogen-bond donors (Lipinski definition) is 1. The van der Waals surface area contributed by atoms with Crippen LogP contribution in [0.15, 0.2) is 0 Å². The van der Waals surface area contributed by atoms with Gasteiger partial charge in [0.15, 0.2) is 0 Å². The number of hydrogen-bond acceptors (Lipinski definition) is 2. The molecule has 0 rings (SSSR count). The number of nitrogens with two attached hydrogens (primary N) is 1. The van der Waals surface area contributed by atoms with Crippen LogP contribution in [0.4, 0.5) is 13.2 Å². The summed E-state index contributed by atoms with van der Waals surface area (Å²) in [5, 5.41) is 0. The summed E-state index contributed by atoms with van der Waals surface area (Å²) in [7, 11) is 0. The second-order valence-electron chi connectivity index (χ2n) is 4.96. The minimum atomic E-state index is -4.35. The molecular formula is C12H23F3N2O. The highest BCUT2D eigenvalue weighted by Crippen LogP contribution is 2.19. The Labute approximate surface area is 107 Å². The zero-order chi connectivity index (χ0) is 14.3. The zero-order valence-corrected chi connectivity index (χ0v) is 11.3. The Balaban J connectivity index is 4.41. The minimum absolute atomic E-state index is 0.0419. The first-order valence-corrected chi connectivity index (χ1v) is 6.24. The molecule has 1 atom stereocenters. The fourth-order valence-corrected chi connectivity index (χ4v) is 1.90. The highest BCUT2D eigenvalue weighted by Gasteiger charge is 2.32. The lowest BCUT2D eigenvalue weighted by molar-refractivity contribution is -0.161. The molecule has 0 saturated carbocycles. The standard InChI is InChI=1S/C12H23F3N2O/c1-4-17(8-12(13,14)15)11(18)6-10(7-16)5-9(2)3/h9-10H,4-8,16H2,1-3H3. The largest absolute Gasteiger partial charge is 0.406 e. The second kappa shape index (κ2) is 7.61. The van der Waals surface area contributed by atoms with Crippen LogP contribution in [0.1, 0.15) is 33.6 Å². The van der Waals surface area contributed by atoms with Crippen molar-refractivity contribution in [3.8, 4) is 0 Å². The first-order valence-electron chi connectivity index (χ1n) is 6.24. The molecule has 0 aromatic rings. The topological polar surface area (TPSA) is 46.3 Å². The van der Waals surface area contributed by atoms with E-state index in [0.29, 0.717) is 12.5 Å². The Morgan fingerprint density at radius 1 is 1.33 bits per heavy atom. The van der Waals surface area contributed by atoms with Crippen LogP contribution >= 0.6 is 0 Å². The molecule has 0 aliphatic heterocycles. The Morgan fingerprint density at radius 3 is 2.22 bits per heavy atom. The monoisotopic (exact) mass is 268 g/mol. The third kappa shape index (κ3) is 7.53. The van der Waals surface area contributed by atoms with E-state index in [1.54, 1.807) is 6.92 Å². The van der Waals surface area contributed by atoms with Gasteiger partial charge >= 0.3 is 6.18 Å². The summed E-state index contributed by atoms with van der Waals surface area (Å²) < 4.78 is 36.8. The van der Waals surface area contributed by atoms with Gasteiger partial charge in [0, 0.05) is 13.0 Å². The van der Waals surface area contributed by atoms with Crippen molar-refractivity contribution >= 4 is 5.91 Å². The normalized spacial score (nSPS) is 13.8. The van der Waals surface area contributed by atoms with Gasteiger partial charge in [0.25, 0.3) is 0 Å². The molecule has 0 bridgehead atoms. The molecule has 0 heterocycles. The van der Waals surface area contributed by atoms with Crippen molar-refractivity contribution in [1.29, 1.82) is 0 Å². The van der Waals surface area contributed by atoms with Crippen molar-refractivity contribution in [3.05, 3.63) is 0 Å². The minimum Gasteiger partial charge on any atom is -0.334 e. The molecule has 2 N–H and O–H groups in total. The van der Waals surface area contributed by atoms with Crippen LogP contribution in [0, 0.1) is 11.8 Å². The lowest BCUT2D eigenvalue weighted by atomic mass is 9.94. The summed E-state index contributed by atoms with van der Waals surface area (Å²) in [4.78, 5) is 12.6. The summed E-state index contributed by atoms with van der Waals surface area (Å²) in [6.45, 7) is 4.76. The predicted molar refractivity (Wildman–Crippen MR) is 64.9 cm³/mol. The molecule has 0 aromatic heterocycles. The maximum Gasteiger partial charge on any atom is 0.406 e. The fraction of sp³-hybridized carbons (Fsp3) is 0.917. The summed E-state index contributed by atoms with van der Waals surface area (Å²) >= 11 is 0. The Morgan fingerprint density at radius 2 is 1.89 bits per heavy atom. The molecule has 0 saturated heterocycles. The molecule has 0 fully saturated rings. The fourth-order valence-electron chi connectivity index (χ4n) is 1.90. The van der Waals surface area contributed by atoms with E-state index in [1.807, 2.05) is 13.8 Å². The van der Waals surface area contributed by atoms with Crippen molar-refractivity contribution in [3.63, 3.8) is 0 Å². The van der Waals surface area contributed by atoms with Crippen LogP contribution in [0.25, 0.3) is 0 Å². The third-order valence-electron chi connectivity index (χ3n) is 2.71.